The smallest absolute Gasteiger partial charge is 0.358 e. The second-order valence-electron chi connectivity index (χ2n) is 5.38. The number of carbonyl (C=O) groups excluding carboxylic acids is 1. The highest BCUT2D eigenvalue weighted by Crippen LogP contribution is 2.35. The summed E-state index contributed by atoms with van der Waals surface area (Å²) in [5, 5.41) is 2.02. The van der Waals surface area contributed by atoms with Gasteiger partial charge in [0.2, 0.25) is 0 Å². The maximum Gasteiger partial charge on any atom is 0.358 e. The third kappa shape index (κ3) is 3.02. The van der Waals surface area contributed by atoms with Crippen molar-refractivity contribution >= 4 is 17.3 Å². The Balaban J connectivity index is 1.96. The highest BCUT2D eigenvalue weighted by Gasteiger charge is 2.26. The summed E-state index contributed by atoms with van der Waals surface area (Å²) in [6.45, 7) is 2.20. The van der Waals surface area contributed by atoms with Crippen LogP contribution in [0.3, 0.4) is 0 Å². The summed E-state index contributed by atoms with van der Waals surface area (Å²) in [4.78, 5) is 21.2. The Kier molecular flexibility index (Phi) is 4.39. The molecule has 0 radical (unpaired) electrons. The zero-order chi connectivity index (χ0) is 14.7. The van der Waals surface area contributed by atoms with Gasteiger partial charge in [0.1, 0.15) is 5.82 Å². The Morgan fingerprint density at radius 1 is 1.43 bits per heavy atom. The average Bonchev–Trinajstić information content (AvgIpc) is 3.17. The van der Waals surface area contributed by atoms with Gasteiger partial charge in [0.15, 0.2) is 5.69 Å². The monoisotopic (exact) mass is 304 g/mol. The largest absolute Gasteiger partial charge is 0.461 e. The molecule has 2 heterocycles. The molecule has 0 spiro atoms. The third-order valence-corrected chi connectivity index (χ3v) is 4.85. The van der Waals surface area contributed by atoms with Crippen LogP contribution in [-0.4, -0.2) is 22.5 Å². The van der Waals surface area contributed by atoms with Crippen LogP contribution in [0.1, 0.15) is 61.1 Å². The van der Waals surface area contributed by atoms with E-state index in [0.717, 1.165) is 29.2 Å². The van der Waals surface area contributed by atoms with Crippen molar-refractivity contribution in [2.45, 2.75) is 44.9 Å². The molecule has 0 unspecified atom stereocenters. The van der Waals surface area contributed by atoms with Crippen LogP contribution in [0, 0.1) is 0 Å². The van der Waals surface area contributed by atoms with Gasteiger partial charge >= 0.3 is 5.97 Å². The van der Waals surface area contributed by atoms with Gasteiger partial charge < -0.3 is 9.72 Å². The Hall–Kier alpha value is -1.62. The second kappa shape index (κ2) is 6.43. The lowest BCUT2D eigenvalue weighted by atomic mass is 9.86. The van der Waals surface area contributed by atoms with E-state index in [-0.39, 0.29) is 5.97 Å². The van der Waals surface area contributed by atoms with Crippen molar-refractivity contribution in [2.24, 2.45) is 0 Å². The molecule has 112 valence electrons. The van der Waals surface area contributed by atoms with Gasteiger partial charge in [-0.05, 0) is 31.2 Å². The van der Waals surface area contributed by atoms with E-state index in [9.17, 15) is 4.79 Å². The van der Waals surface area contributed by atoms with Crippen molar-refractivity contribution in [3.8, 4) is 10.7 Å². The minimum absolute atomic E-state index is 0.308. The van der Waals surface area contributed by atoms with Crippen LogP contribution in [-0.2, 0) is 4.74 Å². The topological polar surface area (TPSA) is 55.0 Å². The van der Waals surface area contributed by atoms with Gasteiger partial charge in [-0.3, -0.25) is 0 Å². The van der Waals surface area contributed by atoms with Crippen molar-refractivity contribution in [2.75, 3.05) is 6.61 Å². The number of thiophene rings is 1. The molecule has 2 aromatic heterocycles. The Labute approximate surface area is 128 Å². The first-order chi connectivity index (χ1) is 10.3. The average molecular weight is 304 g/mol. The fourth-order valence-electron chi connectivity index (χ4n) is 2.96. The van der Waals surface area contributed by atoms with E-state index in [1.165, 1.54) is 19.3 Å². The van der Waals surface area contributed by atoms with Gasteiger partial charge in [-0.2, -0.15) is 0 Å². The van der Waals surface area contributed by atoms with Gasteiger partial charge in [0, 0.05) is 5.92 Å². The van der Waals surface area contributed by atoms with Crippen LogP contribution in [0.5, 0.6) is 0 Å². The standard InChI is InChI=1S/C16H20N2O2S/c1-2-20-16(19)14-13(11-7-4-3-5-8-11)17-15(18-14)12-9-6-10-21-12/h6,9-11H,2-5,7-8H2,1H3,(H,17,18). The first-order valence-corrected chi connectivity index (χ1v) is 8.48. The van der Waals surface area contributed by atoms with Gasteiger partial charge in [-0.15, -0.1) is 11.3 Å². The van der Waals surface area contributed by atoms with Gasteiger partial charge in [0.25, 0.3) is 0 Å². The number of hydrogen-bond donors (Lipinski definition) is 1. The van der Waals surface area contributed by atoms with E-state index >= 15 is 0 Å². The van der Waals surface area contributed by atoms with E-state index < -0.39 is 0 Å². The van der Waals surface area contributed by atoms with E-state index in [1.54, 1.807) is 11.3 Å². The highest BCUT2D eigenvalue weighted by molar-refractivity contribution is 7.13. The normalized spacial score (nSPS) is 16.0. The molecule has 5 heteroatoms. The SMILES string of the molecule is CCOC(=O)c1nc(-c2cccs2)[nH]c1C1CCCCC1. The predicted molar refractivity (Wildman–Crippen MR) is 83.7 cm³/mol. The number of ether oxygens (including phenoxy) is 1. The van der Waals surface area contributed by atoms with Gasteiger partial charge in [-0.1, -0.05) is 25.3 Å². The zero-order valence-corrected chi connectivity index (χ0v) is 13.0. The quantitative estimate of drug-likeness (QED) is 0.854. The molecule has 1 aliphatic carbocycles. The van der Waals surface area contributed by atoms with E-state index in [0.29, 0.717) is 18.2 Å². The number of H-pyrrole nitrogens is 1. The van der Waals surface area contributed by atoms with Crippen molar-refractivity contribution in [3.63, 3.8) is 0 Å². The number of imidazole rings is 1. The van der Waals surface area contributed by atoms with Crippen molar-refractivity contribution in [1.82, 2.24) is 9.97 Å². The molecule has 0 aliphatic heterocycles. The molecule has 3 rings (SSSR count). The van der Waals surface area contributed by atoms with Crippen LogP contribution >= 0.6 is 11.3 Å². The molecule has 1 aliphatic rings. The lowest BCUT2D eigenvalue weighted by molar-refractivity contribution is 0.0518. The van der Waals surface area contributed by atoms with Crippen LogP contribution in [0.2, 0.25) is 0 Å². The van der Waals surface area contributed by atoms with E-state index in [1.807, 2.05) is 24.4 Å². The number of nitrogens with one attached hydrogen (secondary N) is 1. The summed E-state index contributed by atoms with van der Waals surface area (Å²) in [6, 6.07) is 4.01. The molecule has 2 aromatic rings. The minimum Gasteiger partial charge on any atom is -0.461 e. The number of carbonyl (C=O) groups is 1. The summed E-state index contributed by atoms with van der Waals surface area (Å²) in [5.74, 6) is 0.880. The van der Waals surface area contributed by atoms with Crippen LogP contribution in [0.25, 0.3) is 10.7 Å². The molecule has 1 saturated carbocycles. The Morgan fingerprint density at radius 2 is 2.24 bits per heavy atom. The lowest BCUT2D eigenvalue weighted by Gasteiger charge is -2.21. The molecule has 0 bridgehead atoms. The van der Waals surface area contributed by atoms with Crippen LogP contribution in [0.15, 0.2) is 17.5 Å². The molecular formula is C16H20N2O2S. The Morgan fingerprint density at radius 3 is 2.90 bits per heavy atom. The van der Waals surface area contributed by atoms with Crippen molar-refractivity contribution in [3.05, 3.63) is 28.9 Å². The number of esters is 1. The predicted octanol–water partition coefficient (Wildman–Crippen LogP) is 4.36. The number of nitrogens with zero attached hydrogens (tertiary/aromatic N) is 1. The summed E-state index contributed by atoms with van der Waals surface area (Å²) >= 11 is 1.62. The third-order valence-electron chi connectivity index (χ3n) is 3.97. The molecule has 21 heavy (non-hydrogen) atoms. The van der Waals surface area contributed by atoms with E-state index in [2.05, 4.69) is 9.97 Å². The summed E-state index contributed by atoms with van der Waals surface area (Å²) in [7, 11) is 0. The fourth-order valence-corrected chi connectivity index (χ4v) is 3.63. The van der Waals surface area contributed by atoms with Crippen LogP contribution < -0.4 is 0 Å². The summed E-state index contributed by atoms with van der Waals surface area (Å²) in [5.41, 5.74) is 1.45. The first kappa shape index (κ1) is 14.3. The molecule has 0 saturated heterocycles. The van der Waals surface area contributed by atoms with Crippen molar-refractivity contribution < 1.29 is 9.53 Å². The molecule has 1 N–H and O–H groups in total. The summed E-state index contributed by atoms with van der Waals surface area (Å²) < 4.78 is 5.17. The van der Waals surface area contributed by atoms with Gasteiger partial charge in [-0.25, -0.2) is 9.78 Å². The minimum atomic E-state index is -0.308. The molecule has 0 amide bonds. The molecule has 1 fully saturated rings. The van der Waals surface area contributed by atoms with E-state index in [4.69, 9.17) is 4.74 Å². The highest BCUT2D eigenvalue weighted by atomic mass is 32.1. The number of rotatable bonds is 4. The molecular weight excluding hydrogens is 284 g/mol. The first-order valence-electron chi connectivity index (χ1n) is 7.60. The zero-order valence-electron chi connectivity index (χ0n) is 12.2. The maximum atomic E-state index is 12.2. The molecule has 4 nitrogen and oxygen atoms in total. The molecule has 0 atom stereocenters. The maximum absolute atomic E-state index is 12.2. The lowest BCUT2D eigenvalue weighted by Crippen LogP contribution is -2.13. The van der Waals surface area contributed by atoms with Crippen LogP contribution in [0.4, 0.5) is 0 Å². The summed E-state index contributed by atoms with van der Waals surface area (Å²) in [6.07, 6.45) is 5.98. The number of aromatic amines is 1. The second-order valence-corrected chi connectivity index (χ2v) is 6.33. The van der Waals surface area contributed by atoms with Gasteiger partial charge in [0.05, 0.1) is 17.2 Å². The van der Waals surface area contributed by atoms with Crippen molar-refractivity contribution in [1.29, 1.82) is 0 Å². The number of hydrogen-bond acceptors (Lipinski definition) is 4. The Bertz CT molecular complexity index is 598. The number of aromatic nitrogens is 2. The fraction of sp³-hybridized carbons (Fsp3) is 0.500. The molecule has 0 aromatic carbocycles.